The number of halogens is 2. The molecular formula is C22H14Cl2N2O6. The van der Waals surface area contributed by atoms with E-state index < -0.39 is 59.9 Å². The molecule has 0 bridgehead atoms. The molecule has 6 atom stereocenters. The first-order chi connectivity index (χ1) is 15.4. The Bertz CT molecular complexity index is 1090. The van der Waals surface area contributed by atoms with Crippen molar-refractivity contribution in [1.29, 1.82) is 0 Å². The van der Waals surface area contributed by atoms with Gasteiger partial charge in [0, 0.05) is 10.0 Å². The van der Waals surface area contributed by atoms with E-state index in [1.807, 2.05) is 0 Å². The van der Waals surface area contributed by atoms with Crippen LogP contribution in [0.3, 0.4) is 0 Å². The minimum absolute atomic E-state index is 0.499. The van der Waals surface area contributed by atoms with Gasteiger partial charge >= 0.3 is 23.9 Å². The molecule has 6 rings (SSSR count). The SMILES string of the molecule is O=C1OC(=O)[C@@H]2[C@@H]1[C@H](c1ccc(Cl)cc1)N1[C@@H]3C(=O)OC(=O)[C@@H]3[C@H](c3ccc(Cl)cc3)N21. The molecule has 4 saturated heterocycles. The van der Waals surface area contributed by atoms with Gasteiger partial charge in [-0.25, -0.2) is 19.6 Å². The van der Waals surface area contributed by atoms with E-state index in [2.05, 4.69) is 0 Å². The van der Waals surface area contributed by atoms with Crippen LogP contribution in [0.1, 0.15) is 23.2 Å². The van der Waals surface area contributed by atoms with Gasteiger partial charge in [-0.1, -0.05) is 47.5 Å². The largest absolute Gasteiger partial charge is 0.392 e. The maximum Gasteiger partial charge on any atom is 0.333 e. The highest BCUT2D eigenvalue weighted by atomic mass is 35.5. The molecule has 8 nitrogen and oxygen atoms in total. The van der Waals surface area contributed by atoms with E-state index in [1.165, 1.54) is 0 Å². The highest BCUT2D eigenvalue weighted by Gasteiger charge is 2.72. The van der Waals surface area contributed by atoms with Crippen LogP contribution in [-0.2, 0) is 28.7 Å². The van der Waals surface area contributed by atoms with Gasteiger partial charge in [-0.3, -0.25) is 9.59 Å². The topological polar surface area (TPSA) is 93.2 Å². The Morgan fingerprint density at radius 2 is 0.875 bits per heavy atom. The summed E-state index contributed by atoms with van der Waals surface area (Å²) < 4.78 is 9.99. The number of carbonyl (C=O) groups excluding carboxylic acids is 4. The first kappa shape index (κ1) is 19.9. The van der Waals surface area contributed by atoms with Gasteiger partial charge < -0.3 is 9.47 Å². The normalized spacial score (nSPS) is 33.8. The standard InChI is InChI=1S/C22H14Cl2N2O6/c23-11-5-1-9(2-6-11)15-13-17(21(29)31-19(13)27)26-16(10-3-7-12(24)8-4-10)14-18(25(15)26)22(30)32-20(14)28/h1-8,13-18H/t13-,14+,15-,16-,17-,18-/m0/s1. The van der Waals surface area contributed by atoms with Crippen molar-refractivity contribution < 1.29 is 28.7 Å². The highest BCUT2D eigenvalue weighted by molar-refractivity contribution is 6.30. The average molecular weight is 473 g/mol. The summed E-state index contributed by atoms with van der Waals surface area (Å²) in [6.07, 6.45) is 0. The number of hydrogen-bond acceptors (Lipinski definition) is 8. The summed E-state index contributed by atoms with van der Waals surface area (Å²) in [7, 11) is 0. The number of esters is 4. The molecule has 4 aliphatic heterocycles. The number of hydrogen-bond donors (Lipinski definition) is 0. The zero-order valence-electron chi connectivity index (χ0n) is 16.2. The molecule has 32 heavy (non-hydrogen) atoms. The first-order valence-electron chi connectivity index (χ1n) is 9.95. The Kier molecular flexibility index (Phi) is 4.26. The number of carbonyl (C=O) groups is 4. The number of nitrogens with zero attached hydrogens (tertiary/aromatic N) is 2. The molecule has 4 fully saturated rings. The van der Waals surface area contributed by atoms with Gasteiger partial charge in [0.25, 0.3) is 0 Å². The number of ether oxygens (including phenoxy) is 2. The number of fused-ring (bicyclic) bond motifs is 5. The Hall–Kier alpha value is -2.78. The Balaban J connectivity index is 1.56. The van der Waals surface area contributed by atoms with Crippen LogP contribution in [0, 0.1) is 11.8 Å². The molecule has 0 saturated carbocycles. The molecule has 0 aliphatic carbocycles. The predicted molar refractivity (Wildman–Crippen MR) is 109 cm³/mol. The van der Waals surface area contributed by atoms with Gasteiger partial charge in [0.2, 0.25) is 0 Å². The summed E-state index contributed by atoms with van der Waals surface area (Å²) in [5.41, 5.74) is 1.34. The molecule has 0 spiro atoms. The van der Waals surface area contributed by atoms with Gasteiger partial charge in [0.15, 0.2) is 0 Å². The van der Waals surface area contributed by atoms with Gasteiger partial charge in [-0.15, -0.1) is 0 Å². The fourth-order valence-corrected chi connectivity index (χ4v) is 5.70. The second-order valence-corrected chi connectivity index (χ2v) is 9.05. The monoisotopic (exact) mass is 472 g/mol. The van der Waals surface area contributed by atoms with E-state index >= 15 is 0 Å². The number of hydrazine groups is 1. The zero-order chi connectivity index (χ0) is 22.3. The molecular weight excluding hydrogens is 459 g/mol. The molecule has 4 heterocycles. The molecule has 0 unspecified atom stereocenters. The predicted octanol–water partition coefficient (Wildman–Crippen LogP) is 2.46. The minimum atomic E-state index is -0.977. The fraction of sp³-hybridized carbons (Fsp3) is 0.273. The van der Waals surface area contributed by atoms with Crippen molar-refractivity contribution in [2.24, 2.45) is 11.8 Å². The van der Waals surface area contributed by atoms with E-state index in [-0.39, 0.29) is 0 Å². The van der Waals surface area contributed by atoms with Crippen molar-refractivity contribution in [2.45, 2.75) is 24.2 Å². The van der Waals surface area contributed by atoms with E-state index in [4.69, 9.17) is 32.7 Å². The Labute approximate surface area is 191 Å². The molecule has 2 aromatic carbocycles. The number of rotatable bonds is 2. The van der Waals surface area contributed by atoms with Crippen LogP contribution < -0.4 is 0 Å². The van der Waals surface area contributed by atoms with E-state index in [0.29, 0.717) is 21.2 Å². The minimum Gasteiger partial charge on any atom is -0.392 e. The molecule has 0 amide bonds. The molecule has 4 aliphatic rings. The number of benzene rings is 2. The quantitative estimate of drug-likeness (QED) is 0.485. The lowest BCUT2D eigenvalue weighted by molar-refractivity contribution is -0.167. The van der Waals surface area contributed by atoms with Crippen molar-refractivity contribution in [2.75, 3.05) is 0 Å². The average Bonchev–Trinajstić information content (AvgIpc) is 3.43. The summed E-state index contributed by atoms with van der Waals surface area (Å²) in [5, 5.41) is 4.32. The Morgan fingerprint density at radius 3 is 1.22 bits per heavy atom. The third-order valence-electron chi connectivity index (χ3n) is 6.62. The van der Waals surface area contributed by atoms with Crippen molar-refractivity contribution >= 4 is 47.1 Å². The molecule has 0 aromatic heterocycles. The zero-order valence-corrected chi connectivity index (χ0v) is 17.7. The molecule has 10 heteroatoms. The van der Waals surface area contributed by atoms with Crippen LogP contribution in [0.5, 0.6) is 0 Å². The molecule has 162 valence electrons. The maximum atomic E-state index is 12.8. The lowest BCUT2D eigenvalue weighted by Gasteiger charge is -2.33. The molecule has 0 N–H and O–H groups in total. The van der Waals surface area contributed by atoms with Crippen molar-refractivity contribution in [3.05, 3.63) is 69.7 Å². The molecule has 2 aromatic rings. The van der Waals surface area contributed by atoms with Crippen LogP contribution in [0.25, 0.3) is 0 Å². The third kappa shape index (κ3) is 2.58. The summed E-state index contributed by atoms with van der Waals surface area (Å²) in [4.78, 5) is 51.1. The third-order valence-corrected chi connectivity index (χ3v) is 7.12. The van der Waals surface area contributed by atoms with Crippen LogP contribution in [0.2, 0.25) is 10.0 Å². The van der Waals surface area contributed by atoms with Crippen molar-refractivity contribution in [3.63, 3.8) is 0 Å². The Morgan fingerprint density at radius 1 is 0.531 bits per heavy atom. The van der Waals surface area contributed by atoms with E-state index in [9.17, 15) is 19.2 Å². The number of cyclic esters (lactones) is 4. The summed E-state index contributed by atoms with van der Waals surface area (Å²) in [5.74, 6) is -4.50. The van der Waals surface area contributed by atoms with Crippen LogP contribution in [0.15, 0.2) is 48.5 Å². The summed E-state index contributed by atoms with van der Waals surface area (Å²) >= 11 is 12.1. The van der Waals surface area contributed by atoms with Crippen LogP contribution in [0.4, 0.5) is 0 Å². The van der Waals surface area contributed by atoms with Crippen molar-refractivity contribution in [3.8, 4) is 0 Å². The smallest absolute Gasteiger partial charge is 0.333 e. The lowest BCUT2D eigenvalue weighted by Crippen LogP contribution is -2.45. The van der Waals surface area contributed by atoms with Gasteiger partial charge in [0.05, 0.1) is 12.1 Å². The highest BCUT2D eigenvalue weighted by Crippen LogP contribution is 2.58. The second kappa shape index (κ2) is 6.86. The summed E-state index contributed by atoms with van der Waals surface area (Å²) in [6, 6.07) is 10.2. The van der Waals surface area contributed by atoms with E-state index in [0.717, 1.165) is 0 Å². The first-order valence-corrected chi connectivity index (χ1v) is 10.7. The fourth-order valence-electron chi connectivity index (χ4n) is 5.44. The van der Waals surface area contributed by atoms with Crippen LogP contribution >= 0.6 is 23.2 Å². The van der Waals surface area contributed by atoms with E-state index in [1.54, 1.807) is 58.5 Å². The van der Waals surface area contributed by atoms with Crippen molar-refractivity contribution in [1.82, 2.24) is 10.0 Å². The van der Waals surface area contributed by atoms with Gasteiger partial charge in [-0.2, -0.15) is 0 Å². The molecule has 0 radical (unpaired) electrons. The van der Waals surface area contributed by atoms with Gasteiger partial charge in [0.1, 0.15) is 23.9 Å². The van der Waals surface area contributed by atoms with Gasteiger partial charge in [-0.05, 0) is 35.4 Å². The maximum absolute atomic E-state index is 12.8. The second-order valence-electron chi connectivity index (χ2n) is 8.17. The lowest BCUT2D eigenvalue weighted by atomic mass is 9.84. The summed E-state index contributed by atoms with van der Waals surface area (Å²) in [6.45, 7) is 0. The van der Waals surface area contributed by atoms with Crippen LogP contribution in [-0.4, -0.2) is 46.0 Å².